The van der Waals surface area contributed by atoms with E-state index >= 15 is 0 Å². The zero-order chi connectivity index (χ0) is 18.9. The van der Waals surface area contributed by atoms with Gasteiger partial charge in [0.15, 0.2) is 5.69 Å². The smallest absolute Gasteiger partial charge is 0.460 e. The van der Waals surface area contributed by atoms with E-state index in [4.69, 9.17) is 24.0 Å². The number of hydrogen-bond donors (Lipinski definition) is 3. The molecule has 144 valence electrons. The summed E-state index contributed by atoms with van der Waals surface area (Å²) in [7, 11) is -3.28. The normalized spacial score (nSPS) is 22.4. The summed E-state index contributed by atoms with van der Waals surface area (Å²) in [5.41, 5.74) is 2.29. The number of ether oxygens (including phenoxy) is 3. The second-order valence-corrected chi connectivity index (χ2v) is 6.85. The van der Waals surface area contributed by atoms with Gasteiger partial charge in [-0.25, -0.2) is 9.09 Å². The Morgan fingerprint density at radius 2 is 2.15 bits per heavy atom. The number of nitrogens with zero attached hydrogens (tertiary/aromatic N) is 2. The number of pyridine rings is 1. The largest absolute Gasteiger partial charge is 0.472 e. The van der Waals surface area contributed by atoms with E-state index < -0.39 is 32.1 Å². The average Bonchev–Trinajstić information content (AvgIpc) is 2.56. The minimum absolute atomic E-state index is 0.105. The summed E-state index contributed by atoms with van der Waals surface area (Å²) in [5.74, 6) is -0.873. The quantitative estimate of drug-likeness (QED) is 0.393. The first-order valence-electron chi connectivity index (χ1n) is 7.56. The molecule has 3 N–H and O–H groups in total. The third-order valence-corrected chi connectivity index (χ3v) is 4.32. The predicted octanol–water partition coefficient (Wildman–Crippen LogP) is -1.34. The first-order valence-corrected chi connectivity index (χ1v) is 9.09. The molecule has 12 nitrogen and oxygen atoms in total. The van der Waals surface area contributed by atoms with Crippen LogP contribution < -0.4 is 15.6 Å². The molecule has 1 aromatic heterocycles. The standard InChI is InChI=1S/C13H18N3O9P/c1-22-4-8-5-23-6-10-14-15-3-2-9(17)12(11(15)13(18)16(8)10)24-7-25-26(19,20)21/h2-3,8,10,14H,4-7H2,1H3,(H2,19,20,21)/t8?,10-/m0/s1. The van der Waals surface area contributed by atoms with E-state index in [-0.39, 0.29) is 37.3 Å². The molecule has 2 aliphatic heterocycles. The van der Waals surface area contributed by atoms with Gasteiger partial charge in [-0.3, -0.25) is 14.3 Å². The molecule has 13 heteroatoms. The van der Waals surface area contributed by atoms with Gasteiger partial charge in [0.25, 0.3) is 5.91 Å². The van der Waals surface area contributed by atoms with Crippen molar-refractivity contribution in [3.8, 4) is 5.75 Å². The van der Waals surface area contributed by atoms with Gasteiger partial charge in [-0.1, -0.05) is 0 Å². The van der Waals surface area contributed by atoms with Crippen molar-refractivity contribution in [3.63, 3.8) is 0 Å². The Bertz CT molecular complexity index is 790. The van der Waals surface area contributed by atoms with Crippen LogP contribution in [0.3, 0.4) is 0 Å². The molecule has 3 heterocycles. The lowest BCUT2D eigenvalue weighted by Crippen LogP contribution is -2.64. The van der Waals surface area contributed by atoms with Crippen molar-refractivity contribution < 1.29 is 37.9 Å². The number of aromatic nitrogens is 1. The number of nitrogens with one attached hydrogen (secondary N) is 1. The van der Waals surface area contributed by atoms with E-state index in [2.05, 4.69) is 9.95 Å². The second-order valence-electron chi connectivity index (χ2n) is 5.61. The summed E-state index contributed by atoms with van der Waals surface area (Å²) in [6, 6.07) is 0.782. The Morgan fingerprint density at radius 3 is 2.85 bits per heavy atom. The Hall–Kier alpha value is -1.95. The van der Waals surface area contributed by atoms with Gasteiger partial charge in [0.1, 0.15) is 6.17 Å². The molecule has 26 heavy (non-hydrogen) atoms. The lowest BCUT2D eigenvalue weighted by atomic mass is 10.1. The monoisotopic (exact) mass is 391 g/mol. The van der Waals surface area contributed by atoms with Crippen LogP contribution in [-0.2, 0) is 18.6 Å². The van der Waals surface area contributed by atoms with Crippen LogP contribution in [0.2, 0.25) is 0 Å². The molecule has 1 fully saturated rings. The van der Waals surface area contributed by atoms with Gasteiger partial charge < -0.3 is 34.3 Å². The fourth-order valence-electron chi connectivity index (χ4n) is 2.86. The molecular formula is C13H18N3O9P. The molecule has 0 bridgehead atoms. The number of hydrogen-bond acceptors (Lipinski definition) is 8. The number of rotatable bonds is 6. The van der Waals surface area contributed by atoms with Gasteiger partial charge in [0, 0.05) is 19.4 Å². The maximum atomic E-state index is 13.0. The summed E-state index contributed by atoms with van der Waals surface area (Å²) >= 11 is 0. The van der Waals surface area contributed by atoms with Gasteiger partial charge in [0.05, 0.1) is 25.9 Å². The van der Waals surface area contributed by atoms with E-state index in [9.17, 15) is 14.2 Å². The first-order chi connectivity index (χ1) is 12.3. The van der Waals surface area contributed by atoms with Gasteiger partial charge in [-0.05, 0) is 0 Å². The van der Waals surface area contributed by atoms with Gasteiger partial charge in [-0.2, -0.15) is 0 Å². The zero-order valence-electron chi connectivity index (χ0n) is 13.7. The van der Waals surface area contributed by atoms with E-state index in [1.807, 2.05) is 0 Å². The summed E-state index contributed by atoms with van der Waals surface area (Å²) < 4.78 is 31.9. The molecule has 1 amide bonds. The Kier molecular flexibility index (Phi) is 5.32. The number of phosphoric ester groups is 1. The minimum Gasteiger partial charge on any atom is -0.460 e. The number of carbonyl (C=O) groups excluding carboxylic acids is 1. The number of carbonyl (C=O) groups is 1. The second kappa shape index (κ2) is 7.35. The highest BCUT2D eigenvalue weighted by Crippen LogP contribution is 2.35. The predicted molar refractivity (Wildman–Crippen MR) is 85.1 cm³/mol. The van der Waals surface area contributed by atoms with E-state index in [1.54, 1.807) is 0 Å². The number of methoxy groups -OCH3 is 1. The molecule has 0 aromatic carbocycles. The van der Waals surface area contributed by atoms with Crippen LogP contribution in [0.5, 0.6) is 5.75 Å². The summed E-state index contributed by atoms with van der Waals surface area (Å²) in [6.07, 6.45) is 0.898. The molecule has 0 radical (unpaired) electrons. The number of morpholine rings is 1. The molecule has 0 aliphatic carbocycles. The van der Waals surface area contributed by atoms with Crippen molar-refractivity contribution in [1.29, 1.82) is 0 Å². The Morgan fingerprint density at radius 1 is 1.38 bits per heavy atom. The first kappa shape index (κ1) is 18.8. The van der Waals surface area contributed by atoms with Crippen molar-refractivity contribution >= 4 is 13.7 Å². The lowest BCUT2D eigenvalue weighted by Gasteiger charge is -2.45. The van der Waals surface area contributed by atoms with Crippen LogP contribution in [0.1, 0.15) is 10.5 Å². The van der Waals surface area contributed by atoms with Crippen molar-refractivity contribution in [2.24, 2.45) is 0 Å². The molecule has 0 saturated carbocycles. The molecule has 1 saturated heterocycles. The molecule has 2 aliphatic rings. The van der Waals surface area contributed by atoms with Crippen molar-refractivity contribution in [2.45, 2.75) is 12.2 Å². The lowest BCUT2D eigenvalue weighted by molar-refractivity contribution is -0.0559. The van der Waals surface area contributed by atoms with Gasteiger partial charge in [-0.15, -0.1) is 0 Å². The van der Waals surface area contributed by atoms with Crippen molar-refractivity contribution in [3.05, 3.63) is 28.2 Å². The highest BCUT2D eigenvalue weighted by molar-refractivity contribution is 7.46. The fraction of sp³-hybridized carbons (Fsp3) is 0.538. The van der Waals surface area contributed by atoms with Crippen molar-refractivity contribution in [1.82, 2.24) is 9.58 Å². The maximum absolute atomic E-state index is 13.0. The summed E-state index contributed by atoms with van der Waals surface area (Å²) in [5, 5.41) is 0. The maximum Gasteiger partial charge on any atom is 0.472 e. The zero-order valence-corrected chi connectivity index (χ0v) is 14.6. The third kappa shape index (κ3) is 3.75. The van der Waals surface area contributed by atoms with E-state index in [0.717, 1.165) is 6.07 Å². The number of amides is 1. The van der Waals surface area contributed by atoms with Crippen LogP contribution in [0, 0.1) is 0 Å². The van der Waals surface area contributed by atoms with Crippen LogP contribution >= 0.6 is 7.82 Å². The summed E-state index contributed by atoms with van der Waals surface area (Å²) in [6.45, 7) is -0.141. The number of phosphoric acid groups is 1. The Labute approximate surface area is 147 Å². The summed E-state index contributed by atoms with van der Waals surface area (Å²) in [4.78, 5) is 44.1. The van der Waals surface area contributed by atoms with Crippen LogP contribution in [0.15, 0.2) is 17.1 Å². The minimum atomic E-state index is -4.78. The van der Waals surface area contributed by atoms with E-state index in [0.29, 0.717) is 0 Å². The number of fused-ring (bicyclic) bond motifs is 2. The van der Waals surface area contributed by atoms with Crippen molar-refractivity contribution in [2.75, 3.05) is 39.1 Å². The van der Waals surface area contributed by atoms with Gasteiger partial charge in [0.2, 0.25) is 18.0 Å². The van der Waals surface area contributed by atoms with E-state index in [1.165, 1.54) is 22.9 Å². The highest BCUT2D eigenvalue weighted by Gasteiger charge is 2.41. The average molecular weight is 391 g/mol. The Balaban J connectivity index is 1.93. The third-order valence-electron chi connectivity index (χ3n) is 3.88. The molecule has 0 spiro atoms. The SMILES string of the molecule is COCC1COC[C@H]2Nn3ccc(=O)c(OCOP(=O)(O)O)c3C(=O)N12. The molecule has 1 aromatic rings. The highest BCUT2D eigenvalue weighted by atomic mass is 31.2. The van der Waals surface area contributed by atoms with Crippen LogP contribution in [0.25, 0.3) is 0 Å². The molecule has 2 atom stereocenters. The van der Waals surface area contributed by atoms with Gasteiger partial charge >= 0.3 is 7.82 Å². The topological polar surface area (TPSA) is 149 Å². The van der Waals surface area contributed by atoms with Crippen LogP contribution in [0.4, 0.5) is 0 Å². The fourth-order valence-corrected chi connectivity index (χ4v) is 3.05. The molecule has 3 rings (SSSR count). The molecule has 1 unspecified atom stereocenters. The molecular weight excluding hydrogens is 373 g/mol. The van der Waals surface area contributed by atoms with Crippen LogP contribution in [-0.4, -0.2) is 71.2 Å².